The van der Waals surface area contributed by atoms with Crippen LogP contribution in [0.2, 0.25) is 5.02 Å². The minimum absolute atomic E-state index is 0.218. The molecule has 0 amide bonds. The molecule has 2 rings (SSSR count). The lowest BCUT2D eigenvalue weighted by molar-refractivity contribution is 0.752. The Morgan fingerprint density at radius 2 is 2.24 bits per heavy atom. The number of nitrogens with one attached hydrogen (secondary N) is 1. The molecule has 2 nitrogen and oxygen atoms in total. The second-order valence-corrected chi connectivity index (χ2v) is 7.43. The van der Waals surface area contributed by atoms with Crippen LogP contribution in [0.3, 0.4) is 0 Å². The molecule has 0 radical (unpaired) electrons. The fraction of sp³-hybridized carbons (Fsp3) is 0.417. The number of thiazole rings is 1. The van der Waals surface area contributed by atoms with Gasteiger partial charge in [-0.05, 0) is 38.3 Å². The van der Waals surface area contributed by atoms with E-state index in [2.05, 4.69) is 30.4 Å². The summed E-state index contributed by atoms with van der Waals surface area (Å²) < 4.78 is 1.38. The van der Waals surface area contributed by atoms with Gasteiger partial charge in [0.15, 0.2) is 5.13 Å². The summed E-state index contributed by atoms with van der Waals surface area (Å²) in [6.45, 7) is 5.34. The quantitative estimate of drug-likeness (QED) is 0.895. The van der Waals surface area contributed by atoms with Crippen molar-refractivity contribution in [2.45, 2.75) is 18.6 Å². The van der Waals surface area contributed by atoms with Crippen molar-refractivity contribution in [2.75, 3.05) is 18.1 Å². The third-order valence-electron chi connectivity index (χ3n) is 2.57. The Hall–Kier alpha value is -0.450. The molecule has 1 aromatic heterocycles. The van der Waals surface area contributed by atoms with Gasteiger partial charge in [-0.3, -0.25) is 0 Å². The fourth-order valence-electron chi connectivity index (χ4n) is 1.34. The van der Waals surface area contributed by atoms with E-state index in [1.807, 2.05) is 30.0 Å². The molecule has 1 aromatic carbocycles. The van der Waals surface area contributed by atoms with E-state index in [9.17, 15) is 0 Å². The van der Waals surface area contributed by atoms with Crippen LogP contribution in [0.15, 0.2) is 18.2 Å². The van der Waals surface area contributed by atoms with Crippen LogP contribution in [0.25, 0.3) is 10.2 Å². The molecular weight excluding hydrogens is 272 g/mol. The normalized spacial score (nSPS) is 12.0. The topological polar surface area (TPSA) is 24.9 Å². The summed E-state index contributed by atoms with van der Waals surface area (Å²) in [5, 5.41) is 5.09. The number of rotatable bonds is 4. The highest BCUT2D eigenvalue weighted by Gasteiger charge is 2.16. The Morgan fingerprint density at radius 1 is 1.47 bits per heavy atom. The van der Waals surface area contributed by atoms with Crippen molar-refractivity contribution in [1.29, 1.82) is 0 Å². The molecule has 2 aromatic rings. The predicted molar refractivity (Wildman–Crippen MR) is 80.7 cm³/mol. The summed E-state index contributed by atoms with van der Waals surface area (Å²) in [5.41, 5.74) is 0.965. The molecule has 17 heavy (non-hydrogen) atoms. The molecule has 0 bridgehead atoms. The van der Waals surface area contributed by atoms with E-state index in [0.717, 1.165) is 22.2 Å². The molecule has 0 atom stereocenters. The van der Waals surface area contributed by atoms with Crippen molar-refractivity contribution in [3.63, 3.8) is 0 Å². The zero-order valence-corrected chi connectivity index (χ0v) is 12.5. The molecule has 0 fully saturated rings. The first-order valence-corrected chi connectivity index (χ1v) is 7.77. The van der Waals surface area contributed by atoms with Gasteiger partial charge in [-0.2, -0.15) is 11.8 Å². The summed E-state index contributed by atoms with van der Waals surface area (Å²) in [5.74, 6) is 0. The van der Waals surface area contributed by atoms with Gasteiger partial charge in [0.2, 0.25) is 0 Å². The molecule has 0 saturated heterocycles. The zero-order chi connectivity index (χ0) is 12.5. The highest BCUT2D eigenvalue weighted by Crippen LogP contribution is 2.29. The Morgan fingerprint density at radius 3 is 2.94 bits per heavy atom. The molecule has 0 spiro atoms. The van der Waals surface area contributed by atoms with Gasteiger partial charge in [-0.25, -0.2) is 4.98 Å². The lowest BCUT2D eigenvalue weighted by Crippen LogP contribution is -2.25. The lowest BCUT2D eigenvalue weighted by atomic mass is 10.2. The Labute approximate surface area is 115 Å². The highest BCUT2D eigenvalue weighted by atomic mass is 35.5. The summed E-state index contributed by atoms with van der Waals surface area (Å²) in [6, 6.07) is 5.82. The van der Waals surface area contributed by atoms with Gasteiger partial charge in [0.1, 0.15) is 0 Å². The van der Waals surface area contributed by atoms with E-state index in [1.54, 1.807) is 11.3 Å². The second-order valence-electron chi connectivity index (χ2n) is 4.45. The van der Waals surface area contributed by atoms with Gasteiger partial charge in [-0.1, -0.05) is 22.9 Å². The van der Waals surface area contributed by atoms with Gasteiger partial charge in [-0.15, -0.1) is 0 Å². The number of benzene rings is 1. The van der Waals surface area contributed by atoms with E-state index in [0.29, 0.717) is 0 Å². The summed E-state index contributed by atoms with van der Waals surface area (Å²) in [6.07, 6.45) is 2.12. The average molecular weight is 287 g/mol. The average Bonchev–Trinajstić information content (AvgIpc) is 2.68. The van der Waals surface area contributed by atoms with Gasteiger partial charge in [0.25, 0.3) is 0 Å². The number of aromatic nitrogens is 1. The summed E-state index contributed by atoms with van der Waals surface area (Å²) in [7, 11) is 0. The van der Waals surface area contributed by atoms with Crippen molar-refractivity contribution in [3.05, 3.63) is 23.2 Å². The third-order valence-corrected chi connectivity index (χ3v) is 5.05. The Balaban J connectivity index is 2.15. The minimum Gasteiger partial charge on any atom is -0.360 e. The largest absolute Gasteiger partial charge is 0.360 e. The van der Waals surface area contributed by atoms with Crippen LogP contribution < -0.4 is 5.32 Å². The maximum Gasteiger partial charge on any atom is 0.183 e. The molecule has 5 heteroatoms. The van der Waals surface area contributed by atoms with Crippen molar-refractivity contribution < 1.29 is 0 Å². The summed E-state index contributed by atoms with van der Waals surface area (Å²) >= 11 is 9.46. The predicted octanol–water partition coefficient (Wildman–Crippen LogP) is 4.50. The molecular formula is C12H15ClN2S2. The van der Waals surface area contributed by atoms with Crippen LogP contribution in [-0.2, 0) is 0 Å². The fourth-order valence-corrected chi connectivity index (χ4v) is 2.56. The van der Waals surface area contributed by atoms with Crippen molar-refractivity contribution in [2.24, 2.45) is 0 Å². The number of thioether (sulfide) groups is 1. The number of halogens is 1. The first kappa shape index (κ1) is 13.0. The number of nitrogens with zero attached hydrogens (tertiary/aromatic N) is 1. The standard InChI is InChI=1S/C12H15ClN2S2/c1-12(2,16-3)7-14-11-15-9-6-8(13)4-5-10(9)17-11/h4-6H,7H2,1-3H3,(H,14,15). The third kappa shape index (κ3) is 3.27. The van der Waals surface area contributed by atoms with Crippen LogP contribution in [0.5, 0.6) is 0 Å². The van der Waals surface area contributed by atoms with E-state index in [-0.39, 0.29) is 4.75 Å². The maximum atomic E-state index is 5.94. The number of fused-ring (bicyclic) bond motifs is 1. The van der Waals surface area contributed by atoms with E-state index in [4.69, 9.17) is 11.6 Å². The molecule has 0 aliphatic rings. The van der Waals surface area contributed by atoms with E-state index >= 15 is 0 Å². The summed E-state index contributed by atoms with van der Waals surface area (Å²) in [4.78, 5) is 4.52. The number of hydrogen-bond acceptors (Lipinski definition) is 4. The molecule has 0 aliphatic carbocycles. The van der Waals surface area contributed by atoms with E-state index < -0.39 is 0 Å². The smallest absolute Gasteiger partial charge is 0.183 e. The molecule has 0 saturated carbocycles. The van der Waals surface area contributed by atoms with Crippen LogP contribution >= 0.6 is 34.7 Å². The van der Waals surface area contributed by atoms with Crippen molar-refractivity contribution in [1.82, 2.24) is 4.98 Å². The van der Waals surface area contributed by atoms with Gasteiger partial charge in [0.05, 0.1) is 10.2 Å². The minimum atomic E-state index is 0.218. The van der Waals surface area contributed by atoms with Crippen LogP contribution in [-0.4, -0.2) is 22.5 Å². The molecule has 92 valence electrons. The Kier molecular flexibility index (Phi) is 3.85. The van der Waals surface area contributed by atoms with Crippen molar-refractivity contribution in [3.8, 4) is 0 Å². The Bertz CT molecular complexity index is 522. The van der Waals surface area contributed by atoms with E-state index in [1.165, 1.54) is 4.70 Å². The first-order chi connectivity index (χ1) is 8.00. The van der Waals surface area contributed by atoms with Crippen LogP contribution in [0.4, 0.5) is 5.13 Å². The monoisotopic (exact) mass is 286 g/mol. The molecule has 1 heterocycles. The second kappa shape index (κ2) is 5.04. The number of anilines is 1. The lowest BCUT2D eigenvalue weighted by Gasteiger charge is -2.21. The zero-order valence-electron chi connectivity index (χ0n) is 10.1. The van der Waals surface area contributed by atoms with Crippen molar-refractivity contribution >= 4 is 50.0 Å². The highest BCUT2D eigenvalue weighted by molar-refractivity contribution is 7.99. The molecule has 0 unspecified atom stereocenters. The van der Waals surface area contributed by atoms with Crippen LogP contribution in [0.1, 0.15) is 13.8 Å². The van der Waals surface area contributed by atoms with Crippen LogP contribution in [0, 0.1) is 0 Å². The van der Waals surface area contributed by atoms with Gasteiger partial charge in [0, 0.05) is 16.3 Å². The first-order valence-electron chi connectivity index (χ1n) is 5.35. The van der Waals surface area contributed by atoms with Gasteiger partial charge < -0.3 is 5.32 Å². The SMILES string of the molecule is CSC(C)(C)CNc1nc2cc(Cl)ccc2s1. The number of hydrogen-bond donors (Lipinski definition) is 1. The molecule has 1 N–H and O–H groups in total. The molecule has 0 aliphatic heterocycles. The maximum absolute atomic E-state index is 5.94. The van der Waals surface area contributed by atoms with Gasteiger partial charge >= 0.3 is 0 Å².